The minimum atomic E-state index is -1.14. The number of aliphatic hydroxyl groups excluding tert-OH is 2. The molecule has 0 saturated heterocycles. The first-order chi connectivity index (χ1) is 19.5. The van der Waals surface area contributed by atoms with E-state index < -0.39 is 36.0 Å². The molecule has 0 fully saturated rings. The van der Waals surface area contributed by atoms with Crippen molar-refractivity contribution < 1.29 is 38.4 Å². The molecule has 212 valence electrons. The molecule has 1 aromatic heterocycles. The molecular weight excluding hydrogens is 516 g/mol. The normalized spacial score (nSPS) is 21.2. The Labute approximate surface area is 232 Å². The molecule has 3 N–H and O–H groups in total. The molecular formula is C30H34N2O8. The summed E-state index contributed by atoms with van der Waals surface area (Å²) in [5, 5.41) is 24.4. The molecule has 40 heavy (non-hydrogen) atoms. The Morgan fingerprint density at radius 3 is 2.75 bits per heavy atom. The Balaban J connectivity index is 1.55. The molecule has 4 atom stereocenters. The number of carbonyl (C=O) groups excluding carboxylic acids is 2. The lowest BCUT2D eigenvalue weighted by molar-refractivity contribution is -0.118. The first-order valence-corrected chi connectivity index (χ1v) is 13.5. The van der Waals surface area contributed by atoms with Gasteiger partial charge in [0.25, 0.3) is 5.91 Å². The summed E-state index contributed by atoms with van der Waals surface area (Å²) in [6.45, 7) is 2.93. The number of nitrogens with one attached hydrogen (secondary N) is 1. The zero-order valence-electron chi connectivity index (χ0n) is 22.5. The average Bonchev–Trinajstić information content (AvgIpc) is 3.59. The number of nitrogens with zero attached hydrogens (tertiary/aromatic N) is 1. The van der Waals surface area contributed by atoms with E-state index in [2.05, 4.69) is 5.32 Å². The molecule has 0 saturated carbocycles. The van der Waals surface area contributed by atoms with Crippen LogP contribution in [0, 0.1) is 0 Å². The van der Waals surface area contributed by atoms with Gasteiger partial charge in [-0.05, 0) is 37.6 Å². The maximum atomic E-state index is 14.0. The van der Waals surface area contributed by atoms with Crippen LogP contribution in [0.2, 0.25) is 0 Å². The lowest BCUT2D eigenvalue weighted by Crippen LogP contribution is -2.56. The first kappa shape index (κ1) is 27.7. The molecule has 2 amide bonds. The van der Waals surface area contributed by atoms with Crippen molar-refractivity contribution in [3.05, 3.63) is 71.5 Å². The molecule has 0 unspecified atom stereocenters. The fourth-order valence-electron chi connectivity index (χ4n) is 5.50. The van der Waals surface area contributed by atoms with E-state index >= 15 is 0 Å². The molecule has 0 radical (unpaired) electrons. The summed E-state index contributed by atoms with van der Waals surface area (Å²) in [4.78, 5) is 28.9. The maximum absolute atomic E-state index is 14.0. The van der Waals surface area contributed by atoms with Crippen molar-refractivity contribution in [2.24, 2.45) is 0 Å². The van der Waals surface area contributed by atoms with E-state index in [0.29, 0.717) is 47.7 Å². The van der Waals surface area contributed by atoms with Crippen molar-refractivity contribution in [3.63, 3.8) is 0 Å². The summed E-state index contributed by atoms with van der Waals surface area (Å²) >= 11 is 0. The lowest BCUT2D eigenvalue weighted by Gasteiger charge is -2.40. The Kier molecular flexibility index (Phi) is 8.39. The Bertz CT molecular complexity index is 1400. The number of rotatable bonds is 11. The van der Waals surface area contributed by atoms with Crippen LogP contribution in [-0.2, 0) is 9.53 Å². The molecule has 2 aliphatic rings. The Morgan fingerprint density at radius 1 is 1.15 bits per heavy atom. The molecule has 5 rings (SSSR count). The Morgan fingerprint density at radius 2 is 1.98 bits per heavy atom. The van der Waals surface area contributed by atoms with Gasteiger partial charge in [0.15, 0.2) is 17.1 Å². The summed E-state index contributed by atoms with van der Waals surface area (Å²) in [5.74, 6) is -0.204. The molecule has 0 bridgehead atoms. The lowest BCUT2D eigenvalue weighted by atomic mass is 9.77. The number of aliphatic hydroxyl groups is 2. The van der Waals surface area contributed by atoms with E-state index in [1.165, 1.54) is 12.0 Å². The summed E-state index contributed by atoms with van der Waals surface area (Å²) < 4.78 is 23.0. The zero-order valence-corrected chi connectivity index (χ0v) is 22.5. The minimum absolute atomic E-state index is 0.0705. The largest absolute Gasteiger partial charge is 0.493 e. The quantitative estimate of drug-likeness (QED) is 0.311. The highest BCUT2D eigenvalue weighted by atomic mass is 16.5. The van der Waals surface area contributed by atoms with E-state index in [1.54, 1.807) is 24.3 Å². The van der Waals surface area contributed by atoms with E-state index in [1.807, 2.05) is 37.3 Å². The van der Waals surface area contributed by atoms with Gasteiger partial charge in [-0.3, -0.25) is 9.59 Å². The summed E-state index contributed by atoms with van der Waals surface area (Å²) in [7, 11) is 1.53. The van der Waals surface area contributed by atoms with Crippen LogP contribution < -0.4 is 14.8 Å². The van der Waals surface area contributed by atoms with Gasteiger partial charge in [-0.25, -0.2) is 0 Å². The van der Waals surface area contributed by atoms with Crippen LogP contribution in [0.5, 0.6) is 11.5 Å². The number of hydrogen-bond acceptors (Lipinski definition) is 8. The monoisotopic (exact) mass is 550 g/mol. The third-order valence-electron chi connectivity index (χ3n) is 7.33. The number of furan rings is 1. The molecule has 10 heteroatoms. The van der Waals surface area contributed by atoms with Gasteiger partial charge in [-0.1, -0.05) is 30.3 Å². The molecule has 1 aliphatic heterocycles. The fourth-order valence-corrected chi connectivity index (χ4v) is 5.50. The number of methoxy groups -OCH3 is 1. The number of para-hydroxylation sites is 2. The predicted molar refractivity (Wildman–Crippen MR) is 146 cm³/mol. The molecule has 2 aromatic carbocycles. The second-order valence-corrected chi connectivity index (χ2v) is 9.72. The van der Waals surface area contributed by atoms with Crippen molar-refractivity contribution in [1.82, 2.24) is 10.2 Å². The molecule has 10 nitrogen and oxygen atoms in total. The van der Waals surface area contributed by atoms with E-state index in [0.717, 1.165) is 5.56 Å². The maximum Gasteiger partial charge on any atom is 0.290 e. The second-order valence-electron chi connectivity index (χ2n) is 9.72. The van der Waals surface area contributed by atoms with Crippen LogP contribution >= 0.6 is 0 Å². The summed E-state index contributed by atoms with van der Waals surface area (Å²) in [6.07, 6.45) is 0.217. The van der Waals surface area contributed by atoms with Crippen LogP contribution in [-0.4, -0.2) is 85.2 Å². The highest BCUT2D eigenvalue weighted by Gasteiger charge is 2.50. The van der Waals surface area contributed by atoms with Crippen molar-refractivity contribution in [3.8, 4) is 11.5 Å². The third-order valence-corrected chi connectivity index (χ3v) is 7.33. The fraction of sp³-hybridized carbons (Fsp3) is 0.400. The SMILES string of the molecule is CCOCCCN(C(=O)c1cc2cccc(OC)c2o1)[C@@H]1C=C(C(=O)NCCO)[C@@H]2c3ccccc3O[C@@H]2[C@H]1O. The standard InChI is InChI=1S/C30H34N2O8/c1-3-38-15-7-13-32(30(36)24-16-18-8-6-11-23(37-2)27(18)40-24)21-17-20(29(35)31-12-14-33)25-19-9-4-5-10-22(19)39-28(25)26(21)34/h4-6,8-11,16-17,21,25-26,28,33-34H,3,7,12-15H2,1-2H3,(H,31,35)/t21-,25+,26+,28+/m1/s1. The number of hydrogen-bond donors (Lipinski definition) is 3. The van der Waals surface area contributed by atoms with Gasteiger partial charge in [-0.2, -0.15) is 0 Å². The van der Waals surface area contributed by atoms with Crippen molar-refractivity contribution in [2.75, 3.05) is 40.0 Å². The molecule has 0 spiro atoms. The highest BCUT2D eigenvalue weighted by molar-refractivity contribution is 5.99. The van der Waals surface area contributed by atoms with Crippen LogP contribution in [0.4, 0.5) is 0 Å². The van der Waals surface area contributed by atoms with Gasteiger partial charge in [-0.15, -0.1) is 0 Å². The van der Waals surface area contributed by atoms with Crippen LogP contribution in [0.3, 0.4) is 0 Å². The summed E-state index contributed by atoms with van der Waals surface area (Å²) in [5.41, 5.74) is 1.60. The van der Waals surface area contributed by atoms with Gasteiger partial charge in [0.2, 0.25) is 5.91 Å². The van der Waals surface area contributed by atoms with Gasteiger partial charge in [0, 0.05) is 42.8 Å². The van der Waals surface area contributed by atoms with Crippen molar-refractivity contribution >= 4 is 22.8 Å². The van der Waals surface area contributed by atoms with Crippen molar-refractivity contribution in [2.45, 2.75) is 37.5 Å². The van der Waals surface area contributed by atoms with Gasteiger partial charge >= 0.3 is 0 Å². The second kappa shape index (κ2) is 12.1. The van der Waals surface area contributed by atoms with E-state index in [9.17, 15) is 19.8 Å². The number of fused-ring (bicyclic) bond motifs is 4. The van der Waals surface area contributed by atoms with Crippen LogP contribution in [0.15, 0.2) is 64.6 Å². The van der Waals surface area contributed by atoms with Gasteiger partial charge in [0.1, 0.15) is 18.0 Å². The first-order valence-electron chi connectivity index (χ1n) is 13.5. The number of amides is 2. The highest BCUT2D eigenvalue weighted by Crippen LogP contribution is 2.47. The topological polar surface area (TPSA) is 131 Å². The summed E-state index contributed by atoms with van der Waals surface area (Å²) in [6, 6.07) is 13.5. The number of ether oxygens (including phenoxy) is 3. The zero-order chi connectivity index (χ0) is 28.2. The number of benzene rings is 2. The molecule has 2 heterocycles. The predicted octanol–water partition coefficient (Wildman–Crippen LogP) is 2.63. The number of carbonyl (C=O) groups is 2. The van der Waals surface area contributed by atoms with Crippen LogP contribution in [0.1, 0.15) is 35.4 Å². The Hall–Kier alpha value is -3.86. The molecule has 1 aliphatic carbocycles. The van der Waals surface area contributed by atoms with Gasteiger partial charge < -0.3 is 39.1 Å². The molecule has 3 aromatic rings. The third kappa shape index (κ3) is 5.17. The van der Waals surface area contributed by atoms with E-state index in [4.69, 9.17) is 18.6 Å². The van der Waals surface area contributed by atoms with Crippen LogP contribution in [0.25, 0.3) is 11.0 Å². The smallest absolute Gasteiger partial charge is 0.290 e. The van der Waals surface area contributed by atoms with E-state index in [-0.39, 0.29) is 25.5 Å². The minimum Gasteiger partial charge on any atom is -0.493 e. The van der Waals surface area contributed by atoms with Gasteiger partial charge in [0.05, 0.1) is 25.7 Å². The average molecular weight is 551 g/mol. The van der Waals surface area contributed by atoms with Crippen molar-refractivity contribution in [1.29, 1.82) is 0 Å².